The lowest BCUT2D eigenvalue weighted by Gasteiger charge is -2.21. The van der Waals surface area contributed by atoms with Gasteiger partial charge in [0.1, 0.15) is 12.4 Å². The molecule has 2 aliphatic rings. The van der Waals surface area contributed by atoms with Crippen LogP contribution in [0.2, 0.25) is 5.02 Å². The molecule has 0 bridgehead atoms. The van der Waals surface area contributed by atoms with Gasteiger partial charge in [0.2, 0.25) is 11.9 Å². The van der Waals surface area contributed by atoms with Gasteiger partial charge in [-0.25, -0.2) is 9.69 Å². The number of halogens is 4. The van der Waals surface area contributed by atoms with E-state index in [0.29, 0.717) is 25.1 Å². The fourth-order valence-corrected chi connectivity index (χ4v) is 4.47. The zero-order chi connectivity index (χ0) is 25.8. The summed E-state index contributed by atoms with van der Waals surface area (Å²) in [6.45, 7) is 3.78. The number of aromatic nitrogens is 4. The number of anilines is 2. The molecule has 36 heavy (non-hydrogen) atoms. The summed E-state index contributed by atoms with van der Waals surface area (Å²) in [5.41, 5.74) is -1.31. The van der Waals surface area contributed by atoms with E-state index < -0.39 is 29.3 Å². The van der Waals surface area contributed by atoms with Gasteiger partial charge in [0.25, 0.3) is 5.56 Å². The van der Waals surface area contributed by atoms with E-state index in [1.807, 2.05) is 6.92 Å². The van der Waals surface area contributed by atoms with Crippen LogP contribution >= 0.6 is 11.6 Å². The predicted octanol–water partition coefficient (Wildman–Crippen LogP) is 4.41. The number of carbonyl (C=O) groups excluding carboxylic acids is 1. The molecule has 0 spiro atoms. The van der Waals surface area contributed by atoms with Gasteiger partial charge in [-0.15, -0.1) is 13.2 Å². The Balaban J connectivity index is 1.51. The van der Waals surface area contributed by atoms with E-state index >= 15 is 0 Å². The molecule has 1 atom stereocenters. The second kappa shape index (κ2) is 8.50. The van der Waals surface area contributed by atoms with Crippen LogP contribution in [0.4, 0.5) is 29.9 Å². The Morgan fingerprint density at radius 3 is 2.67 bits per heavy atom. The normalized spacial score (nSPS) is 18.9. The van der Waals surface area contributed by atoms with Crippen LogP contribution in [0.1, 0.15) is 37.6 Å². The third-order valence-electron chi connectivity index (χ3n) is 6.11. The Kier molecular flexibility index (Phi) is 5.69. The van der Waals surface area contributed by atoms with E-state index in [2.05, 4.69) is 30.0 Å². The van der Waals surface area contributed by atoms with E-state index in [4.69, 9.17) is 16.3 Å². The van der Waals surface area contributed by atoms with Crippen molar-refractivity contribution >= 4 is 40.5 Å². The van der Waals surface area contributed by atoms with Crippen molar-refractivity contribution in [3.63, 3.8) is 0 Å². The quantitative estimate of drug-likeness (QED) is 0.486. The van der Waals surface area contributed by atoms with Crippen molar-refractivity contribution in [1.82, 2.24) is 19.9 Å². The summed E-state index contributed by atoms with van der Waals surface area (Å²) in [7, 11) is 0. The smallest absolute Gasteiger partial charge is 0.447 e. The summed E-state index contributed by atoms with van der Waals surface area (Å²) < 4.78 is 47.7. The number of amides is 1. The minimum Gasteiger partial charge on any atom is -0.447 e. The first-order valence-corrected chi connectivity index (χ1v) is 11.5. The van der Waals surface area contributed by atoms with Crippen LogP contribution in [0.25, 0.3) is 10.9 Å². The fourth-order valence-electron chi connectivity index (χ4n) is 4.25. The van der Waals surface area contributed by atoms with Gasteiger partial charge >= 0.3 is 12.5 Å². The number of pyridine rings is 1. The summed E-state index contributed by atoms with van der Waals surface area (Å²) in [6, 6.07) is 3.68. The first kappa shape index (κ1) is 24.1. The van der Waals surface area contributed by atoms with E-state index in [0.717, 1.165) is 6.07 Å². The maximum Gasteiger partial charge on any atom is 0.573 e. The molecule has 5 rings (SSSR count). The summed E-state index contributed by atoms with van der Waals surface area (Å²) >= 11 is 6.01. The first-order valence-electron chi connectivity index (χ1n) is 11.1. The number of aromatic amines is 1. The maximum absolute atomic E-state index is 13.0. The standard InChI is InChI=1S/C22H20ClF3N6O4/c1-3-13-9-35-20(34)32(13)19-28-10(2)27-18(30-19)31-21(4-5-21)14-7-11-6-12(23)8-15(36-22(24,25)26)16(11)29-17(14)33/h6-8,13H,3-5,9H2,1-2H3,(H,29,33)(H,27,28,30,31)/t13-/m0/s1. The number of alkyl halides is 3. The van der Waals surface area contributed by atoms with Crippen LogP contribution in [-0.4, -0.2) is 45.0 Å². The van der Waals surface area contributed by atoms with Gasteiger partial charge in [0.15, 0.2) is 5.75 Å². The average Bonchev–Trinajstić information content (AvgIpc) is 3.44. The molecule has 3 aromatic rings. The lowest BCUT2D eigenvalue weighted by molar-refractivity contribution is -0.274. The van der Waals surface area contributed by atoms with Crippen molar-refractivity contribution in [2.24, 2.45) is 0 Å². The van der Waals surface area contributed by atoms with Gasteiger partial charge in [-0.3, -0.25) is 4.79 Å². The molecule has 1 saturated heterocycles. The van der Waals surface area contributed by atoms with E-state index in [-0.39, 0.29) is 46.0 Å². The maximum atomic E-state index is 13.0. The third-order valence-corrected chi connectivity index (χ3v) is 6.32. The van der Waals surface area contributed by atoms with Gasteiger partial charge in [-0.1, -0.05) is 18.5 Å². The topological polar surface area (TPSA) is 122 Å². The zero-order valence-electron chi connectivity index (χ0n) is 19.1. The summed E-state index contributed by atoms with van der Waals surface area (Å²) in [5, 5.41) is 3.44. The van der Waals surface area contributed by atoms with Gasteiger partial charge in [0, 0.05) is 22.0 Å². The second-order valence-electron chi connectivity index (χ2n) is 8.65. The second-order valence-corrected chi connectivity index (χ2v) is 9.09. The van der Waals surface area contributed by atoms with E-state index in [1.165, 1.54) is 17.0 Å². The zero-order valence-corrected chi connectivity index (χ0v) is 19.8. The lowest BCUT2D eigenvalue weighted by Crippen LogP contribution is -2.35. The third kappa shape index (κ3) is 4.50. The highest BCUT2D eigenvalue weighted by Crippen LogP contribution is 2.47. The molecule has 14 heteroatoms. The molecule has 1 saturated carbocycles. The van der Waals surface area contributed by atoms with Crippen LogP contribution in [0.15, 0.2) is 23.0 Å². The largest absolute Gasteiger partial charge is 0.573 e. The molecule has 0 unspecified atom stereocenters. The van der Waals surface area contributed by atoms with Crippen molar-refractivity contribution in [2.45, 2.75) is 51.1 Å². The monoisotopic (exact) mass is 524 g/mol. The SMILES string of the molecule is CC[C@H]1COC(=O)N1c1nc(C)nc(NC2(c3cc4cc(Cl)cc(OC(F)(F)F)c4[nH]c3=O)CC2)n1. The number of aryl methyl sites for hydroxylation is 1. The number of nitrogens with one attached hydrogen (secondary N) is 2. The molecule has 10 nitrogen and oxygen atoms in total. The van der Waals surface area contributed by atoms with E-state index in [1.54, 1.807) is 6.92 Å². The molecular weight excluding hydrogens is 505 g/mol. The Hall–Kier alpha value is -3.61. The number of cyclic esters (lactones) is 1. The van der Waals surface area contributed by atoms with Crippen LogP contribution in [0.3, 0.4) is 0 Å². The Morgan fingerprint density at radius 2 is 2.00 bits per heavy atom. The van der Waals surface area contributed by atoms with Crippen molar-refractivity contribution in [3.8, 4) is 5.75 Å². The van der Waals surface area contributed by atoms with Crippen molar-refractivity contribution in [1.29, 1.82) is 0 Å². The number of rotatable bonds is 6. The number of ether oxygens (including phenoxy) is 2. The molecule has 1 aliphatic heterocycles. The van der Waals surface area contributed by atoms with Crippen LogP contribution in [-0.2, 0) is 10.3 Å². The van der Waals surface area contributed by atoms with Gasteiger partial charge in [0.05, 0.1) is 17.1 Å². The van der Waals surface area contributed by atoms with Crippen LogP contribution in [0, 0.1) is 6.92 Å². The molecular formula is C22H20ClF3N6O4. The molecule has 1 aromatic carbocycles. The van der Waals surface area contributed by atoms with Gasteiger partial charge in [-0.2, -0.15) is 15.0 Å². The Labute approximate surface area is 206 Å². The highest BCUT2D eigenvalue weighted by atomic mass is 35.5. The van der Waals surface area contributed by atoms with E-state index in [9.17, 15) is 22.8 Å². The van der Waals surface area contributed by atoms with Gasteiger partial charge < -0.3 is 19.8 Å². The Morgan fingerprint density at radius 1 is 1.25 bits per heavy atom. The molecule has 1 amide bonds. The highest BCUT2D eigenvalue weighted by Gasteiger charge is 2.47. The van der Waals surface area contributed by atoms with Crippen molar-refractivity contribution in [2.75, 3.05) is 16.8 Å². The minimum atomic E-state index is -4.96. The van der Waals surface area contributed by atoms with Crippen LogP contribution < -0.4 is 20.5 Å². The number of hydrogen-bond acceptors (Lipinski definition) is 8. The molecule has 3 heterocycles. The molecule has 1 aliphatic carbocycles. The number of benzene rings is 1. The molecule has 2 fully saturated rings. The molecule has 2 N–H and O–H groups in total. The number of fused-ring (bicyclic) bond motifs is 1. The van der Waals surface area contributed by atoms with Crippen molar-refractivity contribution in [3.05, 3.63) is 45.0 Å². The predicted molar refractivity (Wildman–Crippen MR) is 123 cm³/mol. The molecule has 0 radical (unpaired) electrons. The lowest BCUT2D eigenvalue weighted by atomic mass is 10.0. The molecule has 190 valence electrons. The number of nitrogens with zero attached hydrogens (tertiary/aromatic N) is 4. The van der Waals surface area contributed by atoms with Crippen LogP contribution in [0.5, 0.6) is 5.75 Å². The average molecular weight is 525 g/mol. The summed E-state index contributed by atoms with van der Waals surface area (Å²) in [5.74, 6) is 0.0210. The number of carbonyl (C=O) groups is 1. The number of hydrogen-bond donors (Lipinski definition) is 2. The summed E-state index contributed by atoms with van der Waals surface area (Å²) in [4.78, 5) is 42.1. The fraction of sp³-hybridized carbons (Fsp3) is 0.409. The minimum absolute atomic E-state index is 0.0123. The van der Waals surface area contributed by atoms with Gasteiger partial charge in [-0.05, 0) is 38.3 Å². The Bertz CT molecular complexity index is 1430. The highest BCUT2D eigenvalue weighted by molar-refractivity contribution is 6.31. The van der Waals surface area contributed by atoms with Crippen molar-refractivity contribution < 1.29 is 27.4 Å². The number of H-pyrrole nitrogens is 1. The first-order chi connectivity index (χ1) is 17.0. The molecule has 2 aromatic heterocycles. The summed E-state index contributed by atoms with van der Waals surface area (Å²) in [6.07, 6.45) is -3.80.